The van der Waals surface area contributed by atoms with Crippen molar-refractivity contribution in [1.82, 2.24) is 0 Å². The number of ketones is 1. The molecule has 0 bridgehead atoms. The van der Waals surface area contributed by atoms with Gasteiger partial charge in [-0.3, -0.25) is 19.7 Å². The number of anilines is 1. The summed E-state index contributed by atoms with van der Waals surface area (Å²) in [5.74, 6) is -1.47. The van der Waals surface area contributed by atoms with Crippen molar-refractivity contribution in [2.24, 2.45) is 0 Å². The van der Waals surface area contributed by atoms with Crippen LogP contribution in [-0.2, 0) is 9.53 Å². The summed E-state index contributed by atoms with van der Waals surface area (Å²) >= 11 is 0. The van der Waals surface area contributed by atoms with Gasteiger partial charge >= 0.3 is 5.97 Å². The average Bonchev–Trinajstić information content (AvgIpc) is 2.78. The van der Waals surface area contributed by atoms with Crippen LogP contribution in [0.25, 0.3) is 0 Å². The van der Waals surface area contributed by atoms with Crippen LogP contribution in [0.5, 0.6) is 0 Å². The highest BCUT2D eigenvalue weighted by Gasteiger charge is 2.13. The number of rotatable bonds is 7. The van der Waals surface area contributed by atoms with Gasteiger partial charge in [-0.15, -0.1) is 0 Å². The van der Waals surface area contributed by atoms with E-state index in [4.69, 9.17) is 4.74 Å². The Bertz CT molecular complexity index is 1080. The predicted octanol–water partition coefficient (Wildman–Crippen LogP) is 3.62. The summed E-state index contributed by atoms with van der Waals surface area (Å²) in [7, 11) is 0. The molecule has 3 aromatic rings. The summed E-state index contributed by atoms with van der Waals surface area (Å²) in [6, 6.07) is 19.9. The summed E-state index contributed by atoms with van der Waals surface area (Å²) in [6.07, 6.45) is 0. The summed E-state index contributed by atoms with van der Waals surface area (Å²) < 4.78 is 4.96. The summed E-state index contributed by atoms with van der Waals surface area (Å²) in [5, 5.41) is 13.1. The number of nitrogens with one attached hydrogen (secondary N) is 1. The number of benzene rings is 3. The minimum absolute atomic E-state index is 0.103. The van der Waals surface area contributed by atoms with Gasteiger partial charge in [-0.2, -0.15) is 0 Å². The van der Waals surface area contributed by atoms with E-state index in [-0.39, 0.29) is 17.0 Å². The minimum atomic E-state index is -0.715. The Morgan fingerprint density at radius 3 is 1.97 bits per heavy atom. The molecule has 0 saturated carbocycles. The van der Waals surface area contributed by atoms with Crippen molar-refractivity contribution in [3.05, 3.63) is 106 Å². The Hall–Kier alpha value is -4.33. The number of non-ortho nitro benzene ring substituents is 1. The lowest BCUT2D eigenvalue weighted by atomic mass is 10.0. The van der Waals surface area contributed by atoms with Gasteiger partial charge in [0.25, 0.3) is 11.6 Å². The highest BCUT2D eigenvalue weighted by Crippen LogP contribution is 2.15. The van der Waals surface area contributed by atoms with Crippen molar-refractivity contribution in [2.75, 3.05) is 11.9 Å². The number of carbonyl (C=O) groups is 3. The summed E-state index contributed by atoms with van der Waals surface area (Å²) in [5.41, 5.74) is 1.39. The zero-order chi connectivity index (χ0) is 21.5. The molecule has 8 nitrogen and oxygen atoms in total. The van der Waals surface area contributed by atoms with Gasteiger partial charge in [0.15, 0.2) is 12.4 Å². The van der Waals surface area contributed by atoms with Gasteiger partial charge in [0.05, 0.1) is 10.5 Å². The first kappa shape index (κ1) is 20.4. The molecular formula is C22H16N2O6. The van der Waals surface area contributed by atoms with E-state index in [0.717, 1.165) is 0 Å². The van der Waals surface area contributed by atoms with E-state index in [1.54, 1.807) is 24.3 Å². The average molecular weight is 404 g/mol. The Kier molecular flexibility index (Phi) is 6.29. The van der Waals surface area contributed by atoms with Gasteiger partial charge in [0, 0.05) is 28.9 Å². The maximum absolute atomic E-state index is 12.4. The normalized spacial score (nSPS) is 10.1. The quantitative estimate of drug-likeness (QED) is 0.278. The fraction of sp³-hybridized carbons (Fsp3) is 0.0455. The molecule has 1 N–H and O–H groups in total. The van der Waals surface area contributed by atoms with E-state index in [1.807, 2.05) is 6.07 Å². The molecule has 8 heteroatoms. The number of carbonyl (C=O) groups excluding carboxylic acids is 3. The van der Waals surface area contributed by atoms with Crippen LogP contribution in [0.4, 0.5) is 11.4 Å². The predicted molar refractivity (Wildman–Crippen MR) is 108 cm³/mol. The van der Waals surface area contributed by atoms with Crippen molar-refractivity contribution in [3.63, 3.8) is 0 Å². The molecule has 0 atom stereocenters. The van der Waals surface area contributed by atoms with E-state index in [2.05, 4.69) is 5.32 Å². The molecule has 30 heavy (non-hydrogen) atoms. The minimum Gasteiger partial charge on any atom is -0.452 e. The molecule has 0 fully saturated rings. The highest BCUT2D eigenvalue weighted by molar-refractivity contribution is 6.09. The zero-order valence-electron chi connectivity index (χ0n) is 15.6. The molecule has 0 radical (unpaired) electrons. The van der Waals surface area contributed by atoms with Gasteiger partial charge in [0.2, 0.25) is 0 Å². The largest absolute Gasteiger partial charge is 0.452 e. The van der Waals surface area contributed by atoms with Crippen LogP contribution in [0.3, 0.4) is 0 Å². The molecule has 0 aliphatic heterocycles. The van der Waals surface area contributed by atoms with Crippen LogP contribution in [0.1, 0.15) is 26.3 Å². The molecule has 0 saturated heterocycles. The second-order valence-electron chi connectivity index (χ2n) is 6.20. The summed E-state index contributed by atoms with van der Waals surface area (Å²) in [6.45, 7) is -0.527. The van der Waals surface area contributed by atoms with Gasteiger partial charge in [-0.1, -0.05) is 42.5 Å². The molecule has 0 heterocycles. The highest BCUT2D eigenvalue weighted by atomic mass is 16.6. The van der Waals surface area contributed by atoms with Gasteiger partial charge in [-0.05, 0) is 24.3 Å². The monoisotopic (exact) mass is 404 g/mol. The number of esters is 1. The van der Waals surface area contributed by atoms with E-state index in [1.165, 1.54) is 48.5 Å². The molecule has 0 aromatic heterocycles. The first-order chi connectivity index (χ1) is 14.4. The number of amides is 1. The molecule has 3 aromatic carbocycles. The van der Waals surface area contributed by atoms with Crippen molar-refractivity contribution >= 4 is 29.0 Å². The van der Waals surface area contributed by atoms with Gasteiger partial charge < -0.3 is 10.1 Å². The second kappa shape index (κ2) is 9.24. The lowest BCUT2D eigenvalue weighted by Gasteiger charge is -2.07. The number of hydrogen-bond acceptors (Lipinski definition) is 6. The lowest BCUT2D eigenvalue weighted by molar-refractivity contribution is -0.384. The van der Waals surface area contributed by atoms with Crippen molar-refractivity contribution in [1.29, 1.82) is 0 Å². The third kappa shape index (κ3) is 5.14. The van der Waals surface area contributed by atoms with E-state index in [9.17, 15) is 24.5 Å². The Balaban J connectivity index is 1.53. The fourth-order valence-corrected chi connectivity index (χ4v) is 2.59. The SMILES string of the molecule is O=C(COC(=O)c1ccc(C(=O)c2ccccc2)cc1)Nc1ccc([N+](=O)[O-])cc1. The zero-order valence-corrected chi connectivity index (χ0v) is 15.6. The van der Waals surface area contributed by atoms with E-state index >= 15 is 0 Å². The third-order valence-electron chi connectivity index (χ3n) is 4.12. The standard InChI is InChI=1S/C22H16N2O6/c25-20(23-18-10-12-19(13-11-18)24(28)29)14-30-22(27)17-8-6-16(7-9-17)21(26)15-4-2-1-3-5-15/h1-13H,14H2,(H,23,25). The van der Waals surface area contributed by atoms with Gasteiger partial charge in [-0.25, -0.2) is 4.79 Å². The molecule has 150 valence electrons. The number of nitrogens with zero attached hydrogens (tertiary/aromatic N) is 1. The summed E-state index contributed by atoms with van der Waals surface area (Å²) in [4.78, 5) is 46.4. The maximum atomic E-state index is 12.4. The smallest absolute Gasteiger partial charge is 0.338 e. The van der Waals surface area contributed by atoms with Crippen LogP contribution in [0, 0.1) is 10.1 Å². The Morgan fingerprint density at radius 1 is 0.800 bits per heavy atom. The van der Waals surface area contributed by atoms with E-state index in [0.29, 0.717) is 16.8 Å². The molecule has 0 spiro atoms. The molecule has 1 amide bonds. The van der Waals surface area contributed by atoms with Gasteiger partial charge in [0.1, 0.15) is 0 Å². The number of ether oxygens (including phenoxy) is 1. The molecule has 0 unspecified atom stereocenters. The third-order valence-corrected chi connectivity index (χ3v) is 4.12. The first-order valence-corrected chi connectivity index (χ1v) is 8.85. The Morgan fingerprint density at radius 2 is 1.37 bits per heavy atom. The molecule has 0 aliphatic carbocycles. The topological polar surface area (TPSA) is 116 Å². The molecular weight excluding hydrogens is 388 g/mol. The van der Waals surface area contributed by atoms with Crippen LogP contribution in [0.15, 0.2) is 78.9 Å². The van der Waals surface area contributed by atoms with Crippen molar-refractivity contribution in [2.45, 2.75) is 0 Å². The Labute approximate surface area is 171 Å². The number of nitro groups is 1. The van der Waals surface area contributed by atoms with Crippen molar-refractivity contribution < 1.29 is 24.0 Å². The second-order valence-corrected chi connectivity index (χ2v) is 6.20. The van der Waals surface area contributed by atoms with Crippen molar-refractivity contribution in [3.8, 4) is 0 Å². The maximum Gasteiger partial charge on any atom is 0.338 e. The van der Waals surface area contributed by atoms with Crippen LogP contribution in [0.2, 0.25) is 0 Å². The van der Waals surface area contributed by atoms with Crippen LogP contribution in [-0.4, -0.2) is 29.2 Å². The molecule has 0 aliphatic rings. The van der Waals surface area contributed by atoms with E-state index < -0.39 is 23.4 Å². The lowest BCUT2D eigenvalue weighted by Crippen LogP contribution is -2.21. The number of nitro benzene ring substituents is 1. The molecule has 3 rings (SSSR count). The number of hydrogen-bond donors (Lipinski definition) is 1. The van der Waals surface area contributed by atoms with Crippen LogP contribution < -0.4 is 5.32 Å². The fourth-order valence-electron chi connectivity index (χ4n) is 2.59. The van der Waals surface area contributed by atoms with Crippen LogP contribution >= 0.6 is 0 Å². The first-order valence-electron chi connectivity index (χ1n) is 8.85.